The molecule has 0 radical (unpaired) electrons. The summed E-state index contributed by atoms with van der Waals surface area (Å²) in [7, 11) is 0. The number of carbonyl (C=O) groups excluding carboxylic acids is 1. The number of benzene rings is 2. The highest BCUT2D eigenvalue weighted by atomic mass is 16.2. The lowest BCUT2D eigenvalue weighted by molar-refractivity contribution is -0.124. The second kappa shape index (κ2) is 7.01. The zero-order valence-electron chi connectivity index (χ0n) is 14.9. The van der Waals surface area contributed by atoms with Crippen LogP contribution in [0.5, 0.6) is 0 Å². The molecule has 1 saturated heterocycles. The number of hydrogen-bond acceptors (Lipinski definition) is 2. The molecule has 130 valence electrons. The molecule has 2 atom stereocenters. The van der Waals surface area contributed by atoms with E-state index >= 15 is 0 Å². The highest BCUT2D eigenvalue weighted by molar-refractivity contribution is 5.97. The zero-order chi connectivity index (χ0) is 17.2. The minimum absolute atomic E-state index is 0.117. The van der Waals surface area contributed by atoms with E-state index in [1.165, 1.54) is 11.1 Å². The first kappa shape index (κ1) is 16.3. The van der Waals surface area contributed by atoms with Crippen molar-refractivity contribution in [3.8, 4) is 0 Å². The van der Waals surface area contributed by atoms with Crippen molar-refractivity contribution in [3.63, 3.8) is 0 Å². The molecule has 0 spiro atoms. The highest BCUT2D eigenvalue weighted by Gasteiger charge is 2.36. The van der Waals surface area contributed by atoms with Gasteiger partial charge in [-0.1, -0.05) is 48.5 Å². The van der Waals surface area contributed by atoms with Gasteiger partial charge in [0.1, 0.15) is 0 Å². The van der Waals surface area contributed by atoms with E-state index in [2.05, 4.69) is 65.3 Å². The lowest BCUT2D eigenvalue weighted by Crippen LogP contribution is -2.46. The molecule has 3 nitrogen and oxygen atoms in total. The van der Waals surface area contributed by atoms with Crippen molar-refractivity contribution >= 4 is 11.6 Å². The lowest BCUT2D eigenvalue weighted by Gasteiger charge is -2.35. The van der Waals surface area contributed by atoms with Crippen LogP contribution in [0, 0.1) is 5.92 Å². The highest BCUT2D eigenvalue weighted by Crippen LogP contribution is 2.34. The number of rotatable bonds is 3. The van der Waals surface area contributed by atoms with Crippen LogP contribution in [0.25, 0.3) is 0 Å². The van der Waals surface area contributed by atoms with Crippen LogP contribution in [0.3, 0.4) is 0 Å². The molecule has 2 aliphatic rings. The molecule has 2 aromatic carbocycles. The van der Waals surface area contributed by atoms with Crippen molar-refractivity contribution in [2.24, 2.45) is 5.92 Å². The van der Waals surface area contributed by atoms with Gasteiger partial charge in [0.05, 0.1) is 5.92 Å². The number of fused-ring (bicyclic) bond motifs is 1. The summed E-state index contributed by atoms with van der Waals surface area (Å²) in [5.74, 6) is 0.432. The normalized spacial score (nSPS) is 23.5. The van der Waals surface area contributed by atoms with E-state index in [9.17, 15) is 4.79 Å². The minimum atomic E-state index is 0.117. The molecular weight excluding hydrogens is 308 g/mol. The fraction of sp³-hybridized carbons (Fsp3) is 0.409. The van der Waals surface area contributed by atoms with Crippen LogP contribution in [0.1, 0.15) is 30.9 Å². The monoisotopic (exact) mass is 334 g/mol. The first-order valence-corrected chi connectivity index (χ1v) is 9.39. The van der Waals surface area contributed by atoms with Crippen molar-refractivity contribution in [1.82, 2.24) is 4.90 Å². The number of para-hydroxylation sites is 1. The van der Waals surface area contributed by atoms with Gasteiger partial charge in [0.15, 0.2) is 0 Å². The largest absolute Gasteiger partial charge is 0.309 e. The first-order valence-electron chi connectivity index (χ1n) is 9.39. The number of carbonyl (C=O) groups is 1. The summed E-state index contributed by atoms with van der Waals surface area (Å²) in [4.78, 5) is 17.8. The van der Waals surface area contributed by atoms with Crippen LogP contribution < -0.4 is 4.90 Å². The SMILES string of the molecule is C[C@@H]1Cc2ccccc2N1C(=O)[C@@H]1CCCN(Cc2ccccc2)C1. The van der Waals surface area contributed by atoms with Crippen LogP contribution in [-0.2, 0) is 17.8 Å². The first-order chi connectivity index (χ1) is 12.2. The van der Waals surface area contributed by atoms with Crippen LogP contribution >= 0.6 is 0 Å². The van der Waals surface area contributed by atoms with Gasteiger partial charge in [-0.05, 0) is 49.9 Å². The molecule has 3 heteroatoms. The van der Waals surface area contributed by atoms with E-state index in [0.29, 0.717) is 5.91 Å². The maximum absolute atomic E-state index is 13.3. The van der Waals surface area contributed by atoms with Crippen molar-refractivity contribution in [3.05, 3.63) is 65.7 Å². The Bertz CT molecular complexity index is 743. The van der Waals surface area contributed by atoms with E-state index in [4.69, 9.17) is 0 Å². The molecule has 2 heterocycles. The van der Waals surface area contributed by atoms with Gasteiger partial charge in [0.2, 0.25) is 5.91 Å². The maximum atomic E-state index is 13.3. The molecule has 0 aliphatic carbocycles. The van der Waals surface area contributed by atoms with E-state index in [0.717, 1.165) is 44.6 Å². The van der Waals surface area contributed by atoms with E-state index < -0.39 is 0 Å². The second-order valence-electron chi connectivity index (χ2n) is 7.45. The predicted molar refractivity (Wildman–Crippen MR) is 102 cm³/mol. The molecule has 0 N–H and O–H groups in total. The number of anilines is 1. The van der Waals surface area contributed by atoms with Gasteiger partial charge in [-0.25, -0.2) is 0 Å². The van der Waals surface area contributed by atoms with Crippen molar-refractivity contribution in [2.75, 3.05) is 18.0 Å². The number of piperidine rings is 1. The molecule has 4 rings (SSSR count). The summed E-state index contributed by atoms with van der Waals surface area (Å²) >= 11 is 0. The lowest BCUT2D eigenvalue weighted by atomic mass is 9.95. The maximum Gasteiger partial charge on any atom is 0.231 e. The molecule has 2 aliphatic heterocycles. The van der Waals surface area contributed by atoms with Gasteiger partial charge in [0, 0.05) is 24.8 Å². The van der Waals surface area contributed by atoms with Gasteiger partial charge in [-0.2, -0.15) is 0 Å². The molecule has 0 aromatic heterocycles. The van der Waals surface area contributed by atoms with Crippen LogP contribution in [0.4, 0.5) is 5.69 Å². The third kappa shape index (κ3) is 3.34. The Morgan fingerprint density at radius 2 is 1.84 bits per heavy atom. The average Bonchev–Trinajstić information content (AvgIpc) is 2.98. The summed E-state index contributed by atoms with van der Waals surface area (Å²) < 4.78 is 0. The Balaban J connectivity index is 1.47. The van der Waals surface area contributed by atoms with E-state index in [1.807, 2.05) is 6.07 Å². The smallest absolute Gasteiger partial charge is 0.231 e. The topological polar surface area (TPSA) is 23.6 Å². The van der Waals surface area contributed by atoms with Gasteiger partial charge < -0.3 is 4.90 Å². The van der Waals surface area contributed by atoms with E-state index in [-0.39, 0.29) is 12.0 Å². The summed E-state index contributed by atoms with van der Waals surface area (Å²) in [6, 6.07) is 19.2. The Hall–Kier alpha value is -2.13. The molecule has 1 fully saturated rings. The van der Waals surface area contributed by atoms with E-state index in [1.54, 1.807) is 0 Å². The molecule has 1 amide bonds. The molecule has 25 heavy (non-hydrogen) atoms. The van der Waals surface area contributed by atoms with Gasteiger partial charge in [-0.3, -0.25) is 9.69 Å². The molecule has 0 bridgehead atoms. The number of likely N-dealkylation sites (tertiary alicyclic amines) is 1. The summed E-state index contributed by atoms with van der Waals surface area (Å²) in [5, 5.41) is 0. The molecule has 2 aromatic rings. The quantitative estimate of drug-likeness (QED) is 0.850. The summed E-state index contributed by atoms with van der Waals surface area (Å²) in [6.45, 7) is 5.07. The second-order valence-corrected chi connectivity index (χ2v) is 7.45. The van der Waals surface area contributed by atoms with Crippen molar-refractivity contribution < 1.29 is 4.79 Å². The summed E-state index contributed by atoms with van der Waals surface area (Å²) in [5.41, 5.74) is 3.76. The van der Waals surface area contributed by atoms with Gasteiger partial charge >= 0.3 is 0 Å². The fourth-order valence-corrected chi connectivity index (χ4v) is 4.34. The van der Waals surface area contributed by atoms with Crippen LogP contribution in [0.15, 0.2) is 54.6 Å². The Morgan fingerprint density at radius 3 is 2.68 bits per heavy atom. The average molecular weight is 334 g/mol. The number of amides is 1. The third-order valence-corrected chi connectivity index (χ3v) is 5.55. The van der Waals surface area contributed by atoms with Crippen LogP contribution in [-0.4, -0.2) is 29.9 Å². The Morgan fingerprint density at radius 1 is 1.08 bits per heavy atom. The minimum Gasteiger partial charge on any atom is -0.309 e. The zero-order valence-corrected chi connectivity index (χ0v) is 14.9. The predicted octanol–water partition coefficient (Wildman–Crippen LogP) is 3.88. The fourth-order valence-electron chi connectivity index (χ4n) is 4.34. The van der Waals surface area contributed by atoms with Crippen molar-refractivity contribution in [1.29, 1.82) is 0 Å². The Kier molecular flexibility index (Phi) is 4.58. The van der Waals surface area contributed by atoms with Gasteiger partial charge in [-0.15, -0.1) is 0 Å². The van der Waals surface area contributed by atoms with Gasteiger partial charge in [0.25, 0.3) is 0 Å². The number of nitrogens with zero attached hydrogens (tertiary/aromatic N) is 2. The number of hydrogen-bond donors (Lipinski definition) is 0. The Labute approximate surface area is 150 Å². The molecular formula is C22H26N2O. The van der Waals surface area contributed by atoms with Crippen molar-refractivity contribution in [2.45, 2.75) is 38.8 Å². The molecule has 0 saturated carbocycles. The van der Waals surface area contributed by atoms with Crippen LogP contribution in [0.2, 0.25) is 0 Å². The molecule has 0 unspecified atom stereocenters. The summed E-state index contributed by atoms with van der Waals surface area (Å²) in [6.07, 6.45) is 3.09. The third-order valence-electron chi connectivity index (χ3n) is 5.55. The standard InChI is InChI=1S/C22H26N2O/c1-17-14-19-10-5-6-12-21(19)24(17)22(25)20-11-7-13-23(16-20)15-18-8-3-2-4-9-18/h2-6,8-10,12,17,20H,7,11,13-16H2,1H3/t17-,20-/m1/s1.